The Kier molecular flexibility index (Phi) is 12.2. The van der Waals surface area contributed by atoms with Crippen molar-refractivity contribution < 1.29 is 14.2 Å². The van der Waals surface area contributed by atoms with Gasteiger partial charge >= 0.3 is 0 Å². The van der Waals surface area contributed by atoms with Gasteiger partial charge in [0.2, 0.25) is 0 Å². The van der Waals surface area contributed by atoms with E-state index in [0.29, 0.717) is 33.2 Å². The van der Waals surface area contributed by atoms with E-state index in [2.05, 4.69) is 24.5 Å². The lowest BCUT2D eigenvalue weighted by Crippen LogP contribution is -2.30. The van der Waals surface area contributed by atoms with E-state index in [4.69, 9.17) is 38.0 Å². The maximum absolute atomic E-state index is 6.11. The molecule has 0 aliphatic heterocycles. The number of unbranched alkanes of at least 4 members (excludes halogenated alkanes) is 1. The van der Waals surface area contributed by atoms with Gasteiger partial charge in [-0.15, -0.1) is 0 Å². The van der Waals surface area contributed by atoms with E-state index in [0.717, 1.165) is 26.2 Å². The number of methoxy groups -OCH3 is 2. The van der Waals surface area contributed by atoms with Crippen molar-refractivity contribution in [3.63, 3.8) is 0 Å². The van der Waals surface area contributed by atoms with E-state index in [1.54, 1.807) is 26.4 Å². The van der Waals surface area contributed by atoms with Crippen LogP contribution < -0.4 is 20.1 Å². The molecule has 0 heterocycles. The van der Waals surface area contributed by atoms with Gasteiger partial charge in [0.15, 0.2) is 5.11 Å². The van der Waals surface area contributed by atoms with Gasteiger partial charge in [-0.25, -0.2) is 0 Å². The molecule has 1 aromatic rings. The van der Waals surface area contributed by atoms with Gasteiger partial charge in [-0.3, -0.25) is 0 Å². The fraction of sp³-hybridized carbons (Fsp3) is 0.650. The number of ether oxygens (including phenoxy) is 3. The Labute approximate surface area is 174 Å². The van der Waals surface area contributed by atoms with Crippen LogP contribution in [0.3, 0.4) is 0 Å². The van der Waals surface area contributed by atoms with Crippen LogP contribution in [0.4, 0.5) is 5.69 Å². The van der Waals surface area contributed by atoms with Gasteiger partial charge in [0, 0.05) is 31.9 Å². The number of halogens is 1. The molecule has 0 aliphatic rings. The molecule has 1 unspecified atom stereocenters. The molecule has 1 aromatic carbocycles. The van der Waals surface area contributed by atoms with Crippen molar-refractivity contribution in [3.8, 4) is 11.5 Å². The third-order valence-corrected chi connectivity index (χ3v) is 4.91. The van der Waals surface area contributed by atoms with Gasteiger partial charge in [0.25, 0.3) is 0 Å². The largest absolute Gasteiger partial charge is 0.495 e. The predicted molar refractivity (Wildman–Crippen MR) is 118 cm³/mol. The average molecular weight is 417 g/mol. The number of rotatable bonds is 13. The Morgan fingerprint density at radius 3 is 2.52 bits per heavy atom. The van der Waals surface area contributed by atoms with Gasteiger partial charge in [-0.1, -0.05) is 44.7 Å². The van der Waals surface area contributed by atoms with Crippen LogP contribution in [0.1, 0.15) is 46.0 Å². The summed E-state index contributed by atoms with van der Waals surface area (Å²) in [6.45, 7) is 6.78. The molecule has 1 rings (SSSR count). The summed E-state index contributed by atoms with van der Waals surface area (Å²) in [4.78, 5) is 0. The highest BCUT2D eigenvalue weighted by molar-refractivity contribution is 7.80. The first kappa shape index (κ1) is 23.8. The molecule has 0 saturated heterocycles. The molecule has 0 aromatic heterocycles. The molecule has 27 heavy (non-hydrogen) atoms. The Morgan fingerprint density at radius 2 is 1.89 bits per heavy atom. The van der Waals surface area contributed by atoms with Gasteiger partial charge in [-0.05, 0) is 31.0 Å². The van der Waals surface area contributed by atoms with E-state index in [1.165, 1.54) is 25.7 Å². The summed E-state index contributed by atoms with van der Waals surface area (Å²) in [5.41, 5.74) is 0.703. The number of nitrogens with one attached hydrogen (secondary N) is 2. The van der Waals surface area contributed by atoms with Crippen LogP contribution >= 0.6 is 23.8 Å². The van der Waals surface area contributed by atoms with Crippen LogP contribution in [0.2, 0.25) is 5.02 Å². The highest BCUT2D eigenvalue weighted by Gasteiger charge is 2.11. The van der Waals surface area contributed by atoms with Gasteiger partial charge in [0.1, 0.15) is 11.5 Å². The molecule has 2 N–H and O–H groups in total. The molecule has 0 bridgehead atoms. The van der Waals surface area contributed by atoms with E-state index in [1.807, 2.05) is 0 Å². The number of hydrogen-bond acceptors (Lipinski definition) is 4. The van der Waals surface area contributed by atoms with Crippen LogP contribution in [-0.2, 0) is 4.74 Å². The number of thiocarbonyl (C=S) groups is 1. The summed E-state index contributed by atoms with van der Waals surface area (Å²) in [6.07, 6.45) is 5.86. The third kappa shape index (κ3) is 9.00. The first-order valence-electron chi connectivity index (χ1n) is 9.59. The van der Waals surface area contributed by atoms with Gasteiger partial charge in [0.05, 0.1) is 24.9 Å². The monoisotopic (exact) mass is 416 g/mol. The van der Waals surface area contributed by atoms with Crippen LogP contribution in [0.15, 0.2) is 12.1 Å². The van der Waals surface area contributed by atoms with Crippen molar-refractivity contribution in [1.82, 2.24) is 5.32 Å². The Morgan fingerprint density at radius 1 is 1.15 bits per heavy atom. The number of anilines is 1. The maximum Gasteiger partial charge on any atom is 0.170 e. The molecule has 5 nitrogen and oxygen atoms in total. The molecule has 0 amide bonds. The van der Waals surface area contributed by atoms with Crippen LogP contribution in [0, 0.1) is 5.92 Å². The molecule has 0 saturated carbocycles. The third-order valence-electron chi connectivity index (χ3n) is 4.37. The Balaban J connectivity index is 2.32. The van der Waals surface area contributed by atoms with E-state index in [9.17, 15) is 0 Å². The van der Waals surface area contributed by atoms with Crippen molar-refractivity contribution in [2.75, 3.05) is 39.3 Å². The van der Waals surface area contributed by atoms with Crippen molar-refractivity contribution in [3.05, 3.63) is 17.2 Å². The zero-order valence-corrected chi connectivity index (χ0v) is 18.5. The fourth-order valence-electron chi connectivity index (χ4n) is 2.65. The van der Waals surface area contributed by atoms with Crippen molar-refractivity contribution in [1.29, 1.82) is 0 Å². The zero-order chi connectivity index (χ0) is 20.1. The van der Waals surface area contributed by atoms with E-state index < -0.39 is 0 Å². The van der Waals surface area contributed by atoms with Crippen molar-refractivity contribution in [2.24, 2.45) is 5.92 Å². The quantitative estimate of drug-likeness (QED) is 0.337. The fourth-order valence-corrected chi connectivity index (χ4v) is 3.09. The maximum atomic E-state index is 6.11. The molecule has 1 atom stereocenters. The summed E-state index contributed by atoms with van der Waals surface area (Å²) >= 11 is 11.5. The Bertz CT molecular complexity index is 572. The molecule has 0 spiro atoms. The topological polar surface area (TPSA) is 51.8 Å². The number of hydrogen-bond donors (Lipinski definition) is 2. The molecular formula is C20H33ClN2O3S. The molecule has 154 valence electrons. The minimum Gasteiger partial charge on any atom is -0.495 e. The lowest BCUT2D eigenvalue weighted by Gasteiger charge is -2.16. The van der Waals surface area contributed by atoms with Gasteiger partial charge in [-0.2, -0.15) is 0 Å². The van der Waals surface area contributed by atoms with Crippen molar-refractivity contribution >= 4 is 34.6 Å². The number of benzene rings is 1. The Hall–Kier alpha value is -1.24. The highest BCUT2D eigenvalue weighted by atomic mass is 35.5. The summed E-state index contributed by atoms with van der Waals surface area (Å²) in [6, 6.07) is 3.46. The SMILES string of the molecule is CCCCC(CC)COCCCNC(=S)Nc1cc(OC)c(Cl)cc1OC. The second-order valence-electron chi connectivity index (χ2n) is 6.41. The second-order valence-corrected chi connectivity index (χ2v) is 7.23. The predicted octanol–water partition coefficient (Wildman–Crippen LogP) is 5.27. The first-order chi connectivity index (χ1) is 13.0. The lowest BCUT2D eigenvalue weighted by atomic mass is 10.0. The molecule has 7 heteroatoms. The second kappa shape index (κ2) is 13.9. The highest BCUT2D eigenvalue weighted by Crippen LogP contribution is 2.35. The van der Waals surface area contributed by atoms with Crippen LogP contribution in [-0.4, -0.2) is 39.1 Å². The molecule has 0 radical (unpaired) electrons. The first-order valence-corrected chi connectivity index (χ1v) is 10.4. The molecular weight excluding hydrogens is 384 g/mol. The zero-order valence-electron chi connectivity index (χ0n) is 16.9. The van der Waals surface area contributed by atoms with Crippen LogP contribution in [0.25, 0.3) is 0 Å². The average Bonchev–Trinajstić information content (AvgIpc) is 2.67. The summed E-state index contributed by atoms with van der Waals surface area (Å²) in [5, 5.41) is 7.31. The summed E-state index contributed by atoms with van der Waals surface area (Å²) in [5.74, 6) is 1.84. The minimum absolute atomic E-state index is 0.486. The summed E-state index contributed by atoms with van der Waals surface area (Å²) < 4.78 is 16.4. The molecule has 0 fully saturated rings. The normalized spacial score (nSPS) is 11.7. The smallest absolute Gasteiger partial charge is 0.170 e. The van der Waals surface area contributed by atoms with E-state index >= 15 is 0 Å². The standard InChI is InChI=1S/C20H33ClN2O3S/c1-5-7-9-15(6-2)14-26-11-8-10-22-20(27)23-17-13-18(24-3)16(21)12-19(17)25-4/h12-13,15H,5-11,14H2,1-4H3,(H2,22,23,27). The molecule has 0 aliphatic carbocycles. The lowest BCUT2D eigenvalue weighted by molar-refractivity contribution is 0.0928. The van der Waals surface area contributed by atoms with E-state index in [-0.39, 0.29) is 0 Å². The van der Waals surface area contributed by atoms with Crippen LogP contribution in [0.5, 0.6) is 11.5 Å². The van der Waals surface area contributed by atoms with Crippen molar-refractivity contribution in [2.45, 2.75) is 46.0 Å². The van der Waals surface area contributed by atoms with Gasteiger partial charge < -0.3 is 24.8 Å². The minimum atomic E-state index is 0.486. The summed E-state index contributed by atoms with van der Waals surface area (Å²) in [7, 11) is 3.15.